The first-order valence-electron chi connectivity index (χ1n) is 13.0. The van der Waals surface area contributed by atoms with Crippen molar-refractivity contribution in [3.63, 3.8) is 0 Å². The number of hydrogen-bond donors (Lipinski definition) is 10. The second kappa shape index (κ2) is 17.6. The van der Waals surface area contributed by atoms with Crippen LogP contribution in [0.3, 0.4) is 0 Å². The highest BCUT2D eigenvalue weighted by Crippen LogP contribution is 2.12. The number of carboxylic acids is 1. The van der Waals surface area contributed by atoms with E-state index >= 15 is 0 Å². The quantitative estimate of drug-likeness (QED) is 0.0498. The van der Waals surface area contributed by atoms with Crippen molar-refractivity contribution in [2.75, 3.05) is 13.1 Å². The van der Waals surface area contributed by atoms with E-state index in [1.54, 1.807) is 0 Å². The monoisotopic (exact) mass is 566 g/mol. The van der Waals surface area contributed by atoms with E-state index in [0.29, 0.717) is 31.4 Å². The van der Waals surface area contributed by atoms with Gasteiger partial charge < -0.3 is 54.2 Å². The number of carbonyl (C=O) groups is 4. The van der Waals surface area contributed by atoms with Crippen LogP contribution in [0.15, 0.2) is 29.3 Å². The number of nitrogens with zero attached hydrogens (tertiary/aromatic N) is 1. The van der Waals surface area contributed by atoms with Crippen molar-refractivity contribution in [2.45, 2.75) is 75.7 Å². The topological polar surface area (TPSA) is 282 Å². The lowest BCUT2D eigenvalue weighted by atomic mass is 10.0. The van der Waals surface area contributed by atoms with Crippen molar-refractivity contribution in [3.8, 4) is 5.75 Å². The van der Waals surface area contributed by atoms with Crippen LogP contribution in [0.5, 0.6) is 5.75 Å². The fourth-order valence-corrected chi connectivity index (χ4v) is 3.68. The molecule has 0 aliphatic heterocycles. The lowest BCUT2D eigenvalue weighted by molar-refractivity contribution is -0.142. The van der Waals surface area contributed by atoms with E-state index in [4.69, 9.17) is 22.9 Å². The zero-order chi connectivity index (χ0) is 30.2. The van der Waals surface area contributed by atoms with Crippen molar-refractivity contribution in [2.24, 2.45) is 27.9 Å². The van der Waals surface area contributed by atoms with E-state index in [1.165, 1.54) is 31.2 Å². The molecule has 0 radical (unpaired) electrons. The summed E-state index contributed by atoms with van der Waals surface area (Å²) >= 11 is 0. The van der Waals surface area contributed by atoms with E-state index in [-0.39, 0.29) is 37.5 Å². The van der Waals surface area contributed by atoms with Crippen molar-refractivity contribution >= 4 is 29.7 Å². The Labute approximate surface area is 232 Å². The summed E-state index contributed by atoms with van der Waals surface area (Å²) in [6, 6.07) is 0.899. The number of guanidine groups is 1. The average molecular weight is 567 g/mol. The lowest BCUT2D eigenvalue weighted by Crippen LogP contribution is -2.59. The molecule has 0 bridgehead atoms. The molecule has 0 aromatic heterocycles. The highest BCUT2D eigenvalue weighted by atomic mass is 16.4. The number of nitrogens with two attached hydrogens (primary N) is 4. The Bertz CT molecular complexity index is 999. The van der Waals surface area contributed by atoms with Crippen LogP contribution in [0, 0.1) is 0 Å². The molecule has 0 aliphatic rings. The van der Waals surface area contributed by atoms with E-state index in [1.807, 2.05) is 0 Å². The van der Waals surface area contributed by atoms with Gasteiger partial charge in [0.25, 0.3) is 0 Å². The smallest absolute Gasteiger partial charge is 0.326 e. The maximum absolute atomic E-state index is 13.1. The molecule has 3 amide bonds. The summed E-state index contributed by atoms with van der Waals surface area (Å²) in [5.41, 5.74) is 22.5. The van der Waals surface area contributed by atoms with Crippen LogP contribution in [0.2, 0.25) is 0 Å². The standard InChI is InChI=1S/C25H42N8O7/c1-14(34)20(33-21(36)17(27)5-4-12-30-25(28)29)23(38)31-18(6-2-3-11-26)22(37)32-19(24(39)40)13-15-7-9-16(35)10-8-15/h7-10,14,17-20,34-35H,2-6,11-13,26-27H2,1H3,(H,31,38)(H,32,37)(H,33,36)(H,39,40)(H4,28,29,30). The number of phenols is 1. The molecular formula is C25H42N8O7. The van der Waals surface area contributed by atoms with Crippen LogP contribution in [0.4, 0.5) is 0 Å². The lowest BCUT2D eigenvalue weighted by Gasteiger charge is -2.26. The van der Waals surface area contributed by atoms with Gasteiger partial charge >= 0.3 is 5.97 Å². The van der Waals surface area contributed by atoms with Gasteiger partial charge in [0.2, 0.25) is 17.7 Å². The summed E-state index contributed by atoms with van der Waals surface area (Å²) in [6.45, 7) is 1.89. The summed E-state index contributed by atoms with van der Waals surface area (Å²) in [7, 11) is 0. The Morgan fingerprint density at radius 3 is 2.08 bits per heavy atom. The number of carbonyl (C=O) groups excluding carboxylic acids is 3. The molecule has 224 valence electrons. The Balaban J connectivity index is 2.93. The predicted octanol–water partition coefficient (Wildman–Crippen LogP) is -2.64. The number of carboxylic acid groups (broad SMARTS) is 1. The minimum absolute atomic E-state index is 0.00833. The van der Waals surface area contributed by atoms with Crippen molar-refractivity contribution in [3.05, 3.63) is 29.8 Å². The number of nitrogens with one attached hydrogen (secondary N) is 3. The van der Waals surface area contributed by atoms with Gasteiger partial charge in [-0.25, -0.2) is 4.79 Å². The molecule has 0 fully saturated rings. The minimum Gasteiger partial charge on any atom is -0.508 e. The van der Waals surface area contributed by atoms with E-state index in [9.17, 15) is 34.5 Å². The van der Waals surface area contributed by atoms with E-state index in [2.05, 4.69) is 20.9 Å². The number of rotatable bonds is 18. The Kier molecular flexibility index (Phi) is 15.0. The summed E-state index contributed by atoms with van der Waals surface area (Å²) in [6.07, 6.45) is 0.308. The molecule has 5 unspecified atom stereocenters. The third kappa shape index (κ3) is 12.7. The first kappa shape index (κ1) is 34.1. The van der Waals surface area contributed by atoms with Crippen LogP contribution < -0.4 is 38.9 Å². The zero-order valence-electron chi connectivity index (χ0n) is 22.6. The number of aliphatic carboxylic acids is 1. The number of phenolic OH excluding ortho intramolecular Hbond substituents is 1. The molecule has 1 aromatic rings. The number of aliphatic hydroxyl groups excluding tert-OH is 1. The van der Waals surface area contributed by atoms with Gasteiger partial charge in [0.1, 0.15) is 23.9 Å². The molecule has 0 saturated heterocycles. The van der Waals surface area contributed by atoms with Gasteiger partial charge in [-0.05, 0) is 63.3 Å². The Hall–Kier alpha value is -3.95. The third-order valence-corrected chi connectivity index (χ3v) is 5.94. The maximum atomic E-state index is 13.1. The van der Waals surface area contributed by atoms with Crippen molar-refractivity contribution < 1.29 is 34.5 Å². The number of hydrogen-bond acceptors (Lipinski definition) is 9. The minimum atomic E-state index is -1.44. The molecule has 14 N–H and O–H groups in total. The number of amides is 3. The molecule has 0 heterocycles. The summed E-state index contributed by atoms with van der Waals surface area (Å²) in [5, 5.41) is 36.6. The van der Waals surface area contributed by atoms with E-state index in [0.717, 1.165) is 0 Å². The fourth-order valence-electron chi connectivity index (χ4n) is 3.68. The molecule has 0 aliphatic carbocycles. The van der Waals surface area contributed by atoms with Gasteiger partial charge in [-0.2, -0.15) is 0 Å². The molecular weight excluding hydrogens is 524 g/mol. The number of aliphatic hydroxyl groups is 1. The van der Waals surface area contributed by atoms with Gasteiger partial charge in [-0.1, -0.05) is 12.1 Å². The Morgan fingerprint density at radius 1 is 0.900 bits per heavy atom. The summed E-state index contributed by atoms with van der Waals surface area (Å²) < 4.78 is 0. The predicted molar refractivity (Wildman–Crippen MR) is 148 cm³/mol. The van der Waals surface area contributed by atoms with Crippen LogP contribution in [-0.2, 0) is 25.6 Å². The van der Waals surface area contributed by atoms with Crippen LogP contribution in [0.1, 0.15) is 44.6 Å². The fraction of sp³-hybridized carbons (Fsp3) is 0.560. The number of aliphatic imine (C=N–C) groups is 1. The molecule has 1 aromatic carbocycles. The zero-order valence-corrected chi connectivity index (χ0v) is 22.6. The Morgan fingerprint density at radius 2 is 1.52 bits per heavy atom. The second-order valence-electron chi connectivity index (χ2n) is 9.40. The SMILES string of the molecule is CC(O)C(NC(=O)C(N)CCCN=C(N)N)C(=O)NC(CCCCN)C(=O)NC(Cc1ccc(O)cc1)C(=O)O. The van der Waals surface area contributed by atoms with Crippen LogP contribution in [0.25, 0.3) is 0 Å². The van der Waals surface area contributed by atoms with E-state index < -0.39 is 54.0 Å². The number of benzene rings is 1. The summed E-state index contributed by atoms with van der Waals surface area (Å²) in [4.78, 5) is 54.3. The molecule has 0 spiro atoms. The molecule has 5 atom stereocenters. The molecule has 40 heavy (non-hydrogen) atoms. The van der Waals surface area contributed by atoms with Gasteiger partial charge in [0.05, 0.1) is 12.1 Å². The summed E-state index contributed by atoms with van der Waals surface area (Å²) in [5.74, 6) is -3.69. The first-order chi connectivity index (χ1) is 18.8. The molecule has 15 nitrogen and oxygen atoms in total. The highest BCUT2D eigenvalue weighted by molar-refractivity contribution is 5.94. The maximum Gasteiger partial charge on any atom is 0.326 e. The van der Waals surface area contributed by atoms with Crippen LogP contribution >= 0.6 is 0 Å². The average Bonchev–Trinajstić information content (AvgIpc) is 2.89. The van der Waals surface area contributed by atoms with Gasteiger partial charge in [0, 0.05) is 13.0 Å². The number of unbranched alkanes of at least 4 members (excludes halogenated alkanes) is 1. The third-order valence-electron chi connectivity index (χ3n) is 5.94. The second-order valence-corrected chi connectivity index (χ2v) is 9.40. The van der Waals surface area contributed by atoms with Gasteiger partial charge in [0.15, 0.2) is 5.96 Å². The normalized spacial score (nSPS) is 14.6. The van der Waals surface area contributed by atoms with Gasteiger partial charge in [-0.3, -0.25) is 19.4 Å². The van der Waals surface area contributed by atoms with Crippen molar-refractivity contribution in [1.29, 1.82) is 0 Å². The molecule has 1 rings (SSSR count). The largest absolute Gasteiger partial charge is 0.508 e. The van der Waals surface area contributed by atoms with Crippen LogP contribution in [-0.4, -0.2) is 88.3 Å². The first-order valence-corrected chi connectivity index (χ1v) is 13.0. The highest BCUT2D eigenvalue weighted by Gasteiger charge is 2.32. The molecule has 0 saturated carbocycles. The van der Waals surface area contributed by atoms with Crippen molar-refractivity contribution in [1.82, 2.24) is 16.0 Å². The van der Waals surface area contributed by atoms with Gasteiger partial charge in [-0.15, -0.1) is 0 Å². The molecule has 15 heteroatoms. The number of aromatic hydroxyl groups is 1.